The Bertz CT molecular complexity index is 811. The molecule has 0 radical (unpaired) electrons. The average molecular weight is 374 g/mol. The van der Waals surface area contributed by atoms with E-state index in [-0.39, 0.29) is 12.1 Å². The number of carbonyl (C=O) groups is 1. The number of halogens is 1. The Hall–Kier alpha value is -2.57. The van der Waals surface area contributed by atoms with E-state index in [1.54, 1.807) is 18.2 Å². The zero-order chi connectivity index (χ0) is 18.5. The van der Waals surface area contributed by atoms with Crippen LogP contribution < -0.4 is 16.2 Å². The van der Waals surface area contributed by atoms with E-state index < -0.39 is 5.91 Å². The van der Waals surface area contributed by atoms with Crippen LogP contribution in [0, 0.1) is 0 Å². The number of rotatable bonds is 5. The Kier molecular flexibility index (Phi) is 5.75. The van der Waals surface area contributed by atoms with E-state index in [0.717, 1.165) is 29.9 Å². The lowest BCUT2D eigenvalue weighted by Crippen LogP contribution is -2.24. The van der Waals surface area contributed by atoms with E-state index in [0.29, 0.717) is 23.6 Å². The maximum atomic E-state index is 12.0. The van der Waals surface area contributed by atoms with E-state index in [1.165, 1.54) is 0 Å². The predicted octanol–water partition coefficient (Wildman–Crippen LogP) is 2.51. The Morgan fingerprint density at radius 2 is 2.00 bits per heavy atom. The second-order valence-electron chi connectivity index (χ2n) is 6.07. The second-order valence-corrected chi connectivity index (χ2v) is 6.48. The van der Waals surface area contributed by atoms with Crippen LogP contribution in [0.25, 0.3) is 0 Å². The van der Waals surface area contributed by atoms with Crippen LogP contribution in [0.5, 0.6) is 5.75 Å². The van der Waals surface area contributed by atoms with Gasteiger partial charge >= 0.3 is 0 Å². The lowest BCUT2D eigenvalue weighted by atomic mass is 10.0. The molecule has 1 fully saturated rings. The van der Waals surface area contributed by atoms with Gasteiger partial charge in [0.1, 0.15) is 11.9 Å². The largest absolute Gasteiger partial charge is 0.488 e. The summed E-state index contributed by atoms with van der Waals surface area (Å²) in [6.07, 6.45) is 1.61. The molecule has 6 nitrogen and oxygen atoms in total. The molecular formula is C19H20ClN3O3. The molecule has 26 heavy (non-hydrogen) atoms. The third-order valence-electron chi connectivity index (χ3n) is 4.03. The maximum absolute atomic E-state index is 12.0. The first-order valence-electron chi connectivity index (χ1n) is 8.27. The summed E-state index contributed by atoms with van der Waals surface area (Å²) in [6, 6.07) is 12.8. The molecule has 2 aromatic rings. The van der Waals surface area contributed by atoms with Gasteiger partial charge in [0.25, 0.3) is 5.91 Å². The molecule has 1 aliphatic rings. The molecule has 0 bridgehead atoms. The lowest BCUT2D eigenvalue weighted by molar-refractivity contribution is 0.100. The van der Waals surface area contributed by atoms with Crippen molar-refractivity contribution in [2.45, 2.75) is 18.9 Å². The summed E-state index contributed by atoms with van der Waals surface area (Å²) in [4.78, 5) is 15.5. The summed E-state index contributed by atoms with van der Waals surface area (Å²) in [5.41, 5.74) is 12.8. The molecule has 3 rings (SSSR count). The van der Waals surface area contributed by atoms with Gasteiger partial charge in [-0.2, -0.15) is 4.99 Å². The quantitative estimate of drug-likeness (QED) is 0.619. The Balaban J connectivity index is 1.71. The van der Waals surface area contributed by atoms with Crippen LogP contribution in [0.15, 0.2) is 47.5 Å². The van der Waals surface area contributed by atoms with Crippen LogP contribution in [0.4, 0.5) is 0 Å². The summed E-state index contributed by atoms with van der Waals surface area (Å²) in [5, 5.41) is 0.578. The first kappa shape index (κ1) is 18.2. The van der Waals surface area contributed by atoms with Crippen molar-refractivity contribution in [2.24, 2.45) is 16.5 Å². The Morgan fingerprint density at radius 1 is 1.23 bits per heavy atom. The summed E-state index contributed by atoms with van der Waals surface area (Å²) in [6.45, 7) is 1.38. The van der Waals surface area contributed by atoms with Gasteiger partial charge in [-0.15, -0.1) is 0 Å². The molecule has 0 unspecified atom stereocenters. The molecule has 0 spiro atoms. The summed E-state index contributed by atoms with van der Waals surface area (Å²) in [5.74, 6) is 0.0484. The topological polar surface area (TPSA) is 99.9 Å². The second kappa shape index (κ2) is 8.21. The first-order chi connectivity index (χ1) is 12.5. The molecule has 0 aliphatic carbocycles. The molecule has 1 amide bonds. The van der Waals surface area contributed by atoms with Crippen LogP contribution in [0.2, 0.25) is 5.02 Å². The van der Waals surface area contributed by atoms with E-state index in [2.05, 4.69) is 4.99 Å². The average Bonchev–Trinajstić information content (AvgIpc) is 3.11. The van der Waals surface area contributed by atoms with Gasteiger partial charge in [0, 0.05) is 17.0 Å². The number of ether oxygens (including phenoxy) is 2. The number of guanidine groups is 1. The molecule has 2 aromatic carbocycles. The lowest BCUT2D eigenvalue weighted by Gasteiger charge is -2.12. The number of nitrogens with two attached hydrogens (primary N) is 2. The minimum absolute atomic E-state index is 0.119. The molecule has 0 saturated carbocycles. The third-order valence-corrected chi connectivity index (χ3v) is 4.40. The number of hydrogen-bond acceptors (Lipinski definition) is 3. The number of carbonyl (C=O) groups excluding carboxylic acids is 1. The number of hydrogen-bond donors (Lipinski definition) is 2. The van der Waals surface area contributed by atoms with Crippen LogP contribution >= 0.6 is 11.6 Å². The SMILES string of the molecule is NC(N)=NC(=O)c1ccc(Cl)c(Cc2ccc(O[C@@H]3CCOC3)cc2)c1. The number of aliphatic imine (C=N–C) groups is 1. The van der Waals surface area contributed by atoms with Gasteiger partial charge < -0.3 is 20.9 Å². The van der Waals surface area contributed by atoms with Crippen molar-refractivity contribution in [1.82, 2.24) is 0 Å². The van der Waals surface area contributed by atoms with Crippen molar-refractivity contribution in [3.05, 3.63) is 64.2 Å². The minimum Gasteiger partial charge on any atom is -0.488 e. The van der Waals surface area contributed by atoms with Crippen molar-refractivity contribution in [1.29, 1.82) is 0 Å². The highest BCUT2D eigenvalue weighted by Crippen LogP contribution is 2.23. The van der Waals surface area contributed by atoms with Gasteiger partial charge in [0.05, 0.1) is 13.2 Å². The molecule has 4 N–H and O–H groups in total. The zero-order valence-electron chi connectivity index (χ0n) is 14.2. The molecule has 1 heterocycles. The number of amides is 1. The van der Waals surface area contributed by atoms with Crippen molar-refractivity contribution in [2.75, 3.05) is 13.2 Å². The van der Waals surface area contributed by atoms with E-state index in [4.69, 9.17) is 32.5 Å². The molecule has 7 heteroatoms. The maximum Gasteiger partial charge on any atom is 0.280 e. The van der Waals surface area contributed by atoms with Crippen molar-refractivity contribution >= 4 is 23.5 Å². The molecule has 1 atom stereocenters. The van der Waals surface area contributed by atoms with Gasteiger partial charge in [0.2, 0.25) is 0 Å². The monoisotopic (exact) mass is 373 g/mol. The third kappa shape index (κ3) is 4.74. The normalized spacial score (nSPS) is 16.3. The minimum atomic E-state index is -0.495. The van der Waals surface area contributed by atoms with Crippen molar-refractivity contribution in [3.8, 4) is 5.75 Å². The fraction of sp³-hybridized carbons (Fsp3) is 0.263. The van der Waals surface area contributed by atoms with Crippen LogP contribution in [0.3, 0.4) is 0 Å². The highest BCUT2D eigenvalue weighted by Gasteiger charge is 2.17. The Morgan fingerprint density at radius 3 is 2.65 bits per heavy atom. The van der Waals surface area contributed by atoms with Crippen LogP contribution in [-0.4, -0.2) is 31.2 Å². The van der Waals surface area contributed by atoms with Crippen molar-refractivity contribution in [3.63, 3.8) is 0 Å². The van der Waals surface area contributed by atoms with Gasteiger partial charge in [-0.3, -0.25) is 4.79 Å². The summed E-state index contributed by atoms with van der Waals surface area (Å²) < 4.78 is 11.2. The first-order valence-corrected chi connectivity index (χ1v) is 8.65. The molecule has 1 saturated heterocycles. The predicted molar refractivity (Wildman–Crippen MR) is 101 cm³/mol. The Labute approximate surface area is 156 Å². The van der Waals surface area contributed by atoms with E-state index in [9.17, 15) is 4.79 Å². The highest BCUT2D eigenvalue weighted by atomic mass is 35.5. The fourth-order valence-electron chi connectivity index (χ4n) is 2.73. The van der Waals surface area contributed by atoms with Gasteiger partial charge in [-0.25, -0.2) is 0 Å². The molecular weight excluding hydrogens is 354 g/mol. The van der Waals surface area contributed by atoms with Gasteiger partial charge in [-0.05, 0) is 47.9 Å². The van der Waals surface area contributed by atoms with Gasteiger partial charge in [0.15, 0.2) is 5.96 Å². The molecule has 136 valence electrons. The van der Waals surface area contributed by atoms with Gasteiger partial charge in [-0.1, -0.05) is 23.7 Å². The molecule has 0 aromatic heterocycles. The smallest absolute Gasteiger partial charge is 0.280 e. The summed E-state index contributed by atoms with van der Waals surface area (Å²) >= 11 is 6.27. The van der Waals surface area contributed by atoms with Crippen LogP contribution in [0.1, 0.15) is 27.9 Å². The number of nitrogens with zero attached hydrogens (tertiary/aromatic N) is 1. The van der Waals surface area contributed by atoms with E-state index in [1.807, 2.05) is 24.3 Å². The van der Waals surface area contributed by atoms with Crippen LogP contribution in [-0.2, 0) is 11.2 Å². The van der Waals surface area contributed by atoms with Crippen molar-refractivity contribution < 1.29 is 14.3 Å². The zero-order valence-corrected chi connectivity index (χ0v) is 14.9. The fourth-order valence-corrected chi connectivity index (χ4v) is 2.91. The molecule has 1 aliphatic heterocycles. The number of benzene rings is 2. The summed E-state index contributed by atoms with van der Waals surface area (Å²) in [7, 11) is 0. The van der Waals surface area contributed by atoms with E-state index >= 15 is 0 Å². The standard InChI is InChI=1S/C19H20ClN3O3/c20-17-6-3-13(18(24)23-19(21)22)10-14(17)9-12-1-4-15(5-2-12)26-16-7-8-25-11-16/h1-6,10,16H,7-9,11H2,(H4,21,22,23,24)/t16-/m1/s1. The highest BCUT2D eigenvalue weighted by molar-refractivity contribution is 6.31.